The lowest BCUT2D eigenvalue weighted by atomic mass is 10.1. The van der Waals surface area contributed by atoms with Gasteiger partial charge in [0.05, 0.1) is 24.4 Å². The van der Waals surface area contributed by atoms with Gasteiger partial charge in [-0.1, -0.05) is 29.8 Å². The van der Waals surface area contributed by atoms with Crippen molar-refractivity contribution in [3.05, 3.63) is 65.7 Å². The lowest BCUT2D eigenvalue weighted by Gasteiger charge is -2.00. The lowest BCUT2D eigenvalue weighted by Crippen LogP contribution is -2.16. The number of rotatable bonds is 4. The van der Waals surface area contributed by atoms with E-state index in [0.717, 1.165) is 16.8 Å². The highest BCUT2D eigenvalue weighted by atomic mass is 16.3. The first-order valence-electron chi connectivity index (χ1n) is 6.71. The molecule has 0 fully saturated rings. The molecule has 1 amide bonds. The number of H-pyrrole nitrogens is 1. The molecule has 3 aromatic rings. The molecule has 22 heavy (non-hydrogen) atoms. The Morgan fingerprint density at radius 3 is 2.86 bits per heavy atom. The van der Waals surface area contributed by atoms with Crippen LogP contribution in [0.5, 0.6) is 0 Å². The summed E-state index contributed by atoms with van der Waals surface area (Å²) in [6, 6.07) is 11.3. The van der Waals surface area contributed by atoms with Gasteiger partial charge in [-0.05, 0) is 19.1 Å². The molecule has 0 saturated heterocycles. The lowest BCUT2D eigenvalue weighted by molar-refractivity contribution is 0.0927. The highest BCUT2D eigenvalue weighted by Gasteiger charge is 2.08. The summed E-state index contributed by atoms with van der Waals surface area (Å²) in [5, 5.41) is 10.9. The maximum absolute atomic E-state index is 11.7. The molecular weight excluding hydrogens is 280 g/mol. The zero-order valence-electron chi connectivity index (χ0n) is 11.9. The summed E-state index contributed by atoms with van der Waals surface area (Å²) in [4.78, 5) is 11.7. The van der Waals surface area contributed by atoms with Crippen LogP contribution in [0.25, 0.3) is 11.3 Å². The molecule has 0 atom stereocenters. The molecule has 2 N–H and O–H groups in total. The van der Waals surface area contributed by atoms with E-state index in [1.807, 2.05) is 31.2 Å². The van der Waals surface area contributed by atoms with E-state index in [4.69, 9.17) is 4.42 Å². The predicted molar refractivity (Wildman–Crippen MR) is 82.5 cm³/mol. The van der Waals surface area contributed by atoms with E-state index in [1.165, 1.54) is 11.8 Å². The molecule has 6 nitrogen and oxygen atoms in total. The Balaban J connectivity index is 1.74. The second-order valence-corrected chi connectivity index (χ2v) is 4.74. The topological polar surface area (TPSA) is 83.3 Å². The van der Waals surface area contributed by atoms with Crippen LogP contribution in [0.3, 0.4) is 0 Å². The summed E-state index contributed by atoms with van der Waals surface area (Å²) in [6.45, 7) is 2.03. The predicted octanol–water partition coefficient (Wildman–Crippen LogP) is 2.74. The molecule has 0 aliphatic heterocycles. The molecule has 0 radical (unpaired) electrons. The number of aryl methyl sites for hydroxylation is 1. The van der Waals surface area contributed by atoms with Gasteiger partial charge in [-0.2, -0.15) is 10.2 Å². The van der Waals surface area contributed by atoms with Crippen LogP contribution >= 0.6 is 0 Å². The van der Waals surface area contributed by atoms with Crippen LogP contribution in [0.1, 0.15) is 21.7 Å². The Kier molecular flexibility index (Phi) is 3.82. The van der Waals surface area contributed by atoms with Gasteiger partial charge in [-0.15, -0.1) is 0 Å². The van der Waals surface area contributed by atoms with Crippen molar-refractivity contribution in [1.82, 2.24) is 15.6 Å². The van der Waals surface area contributed by atoms with Crippen molar-refractivity contribution in [2.24, 2.45) is 5.10 Å². The zero-order chi connectivity index (χ0) is 15.4. The van der Waals surface area contributed by atoms with Gasteiger partial charge in [0.1, 0.15) is 0 Å². The van der Waals surface area contributed by atoms with E-state index < -0.39 is 5.91 Å². The molecule has 0 spiro atoms. The van der Waals surface area contributed by atoms with E-state index in [1.54, 1.807) is 24.5 Å². The average molecular weight is 294 g/mol. The van der Waals surface area contributed by atoms with Crippen LogP contribution in [-0.2, 0) is 0 Å². The standard InChI is InChI=1S/C16H14N4O2/c1-11-4-6-12(7-5-11)15-13(9-17-19-15)10-18-20-16(21)14-3-2-8-22-14/h2-10H,1H3,(H,17,19)(H,20,21)/b18-10-. The molecular formula is C16H14N4O2. The van der Waals surface area contributed by atoms with Crippen molar-refractivity contribution in [2.45, 2.75) is 6.92 Å². The fourth-order valence-corrected chi connectivity index (χ4v) is 1.97. The van der Waals surface area contributed by atoms with Crippen molar-refractivity contribution in [3.63, 3.8) is 0 Å². The van der Waals surface area contributed by atoms with Crippen LogP contribution in [0, 0.1) is 6.92 Å². The number of furan rings is 1. The number of hydrogen-bond acceptors (Lipinski definition) is 4. The quantitative estimate of drug-likeness (QED) is 0.573. The second-order valence-electron chi connectivity index (χ2n) is 4.74. The number of aromatic nitrogens is 2. The van der Waals surface area contributed by atoms with Gasteiger partial charge in [0.25, 0.3) is 0 Å². The van der Waals surface area contributed by atoms with Crippen molar-refractivity contribution in [2.75, 3.05) is 0 Å². The first-order chi connectivity index (χ1) is 10.7. The van der Waals surface area contributed by atoms with Crippen LogP contribution < -0.4 is 5.43 Å². The number of carbonyl (C=O) groups is 1. The Labute approximate surface area is 126 Å². The van der Waals surface area contributed by atoms with Crippen molar-refractivity contribution >= 4 is 12.1 Å². The molecule has 2 heterocycles. The zero-order valence-corrected chi connectivity index (χ0v) is 11.9. The Hall–Kier alpha value is -3.15. The summed E-state index contributed by atoms with van der Waals surface area (Å²) >= 11 is 0. The van der Waals surface area contributed by atoms with Crippen LogP contribution in [-0.4, -0.2) is 22.3 Å². The fourth-order valence-electron chi connectivity index (χ4n) is 1.97. The summed E-state index contributed by atoms with van der Waals surface area (Å²) in [5.41, 5.74) is 6.22. The highest BCUT2D eigenvalue weighted by molar-refractivity contribution is 5.93. The van der Waals surface area contributed by atoms with Gasteiger partial charge in [0.2, 0.25) is 0 Å². The van der Waals surface area contributed by atoms with Gasteiger partial charge < -0.3 is 4.42 Å². The third-order valence-electron chi connectivity index (χ3n) is 3.12. The molecule has 3 rings (SSSR count). The van der Waals surface area contributed by atoms with E-state index in [-0.39, 0.29) is 5.76 Å². The van der Waals surface area contributed by atoms with Crippen LogP contribution in [0.4, 0.5) is 0 Å². The van der Waals surface area contributed by atoms with Gasteiger partial charge in [0, 0.05) is 11.1 Å². The molecule has 2 aromatic heterocycles. The third-order valence-corrected chi connectivity index (χ3v) is 3.12. The van der Waals surface area contributed by atoms with E-state index >= 15 is 0 Å². The molecule has 6 heteroatoms. The largest absolute Gasteiger partial charge is 0.459 e. The minimum Gasteiger partial charge on any atom is -0.459 e. The third kappa shape index (κ3) is 2.95. The smallest absolute Gasteiger partial charge is 0.307 e. The van der Waals surface area contributed by atoms with Crippen LogP contribution in [0.2, 0.25) is 0 Å². The molecule has 0 unspecified atom stereocenters. The molecule has 110 valence electrons. The number of benzene rings is 1. The number of amides is 1. The summed E-state index contributed by atoms with van der Waals surface area (Å²) in [7, 11) is 0. The summed E-state index contributed by atoms with van der Waals surface area (Å²) in [6.07, 6.45) is 4.63. The average Bonchev–Trinajstić information content (AvgIpc) is 3.19. The minimum absolute atomic E-state index is 0.211. The van der Waals surface area contributed by atoms with Crippen molar-refractivity contribution in [3.8, 4) is 11.3 Å². The normalized spacial score (nSPS) is 11.0. The van der Waals surface area contributed by atoms with Crippen molar-refractivity contribution < 1.29 is 9.21 Å². The first kappa shape index (κ1) is 13.8. The van der Waals surface area contributed by atoms with Gasteiger partial charge in [-0.25, -0.2) is 5.43 Å². The number of carbonyl (C=O) groups excluding carboxylic acids is 1. The second kappa shape index (κ2) is 6.09. The number of hydrogen-bond donors (Lipinski definition) is 2. The monoisotopic (exact) mass is 294 g/mol. The summed E-state index contributed by atoms with van der Waals surface area (Å²) in [5.74, 6) is -0.190. The number of aromatic amines is 1. The van der Waals surface area contributed by atoms with E-state index in [9.17, 15) is 4.79 Å². The SMILES string of the molecule is Cc1ccc(-c2[nH]ncc2/C=N\NC(=O)c2ccco2)cc1. The molecule has 0 aliphatic carbocycles. The maximum atomic E-state index is 11.7. The summed E-state index contributed by atoms with van der Waals surface area (Å²) < 4.78 is 4.98. The van der Waals surface area contributed by atoms with Crippen molar-refractivity contribution in [1.29, 1.82) is 0 Å². The fraction of sp³-hybridized carbons (Fsp3) is 0.0625. The molecule has 0 aliphatic rings. The highest BCUT2D eigenvalue weighted by Crippen LogP contribution is 2.20. The number of hydrazone groups is 1. The number of nitrogens with zero attached hydrogens (tertiary/aromatic N) is 2. The molecule has 0 bridgehead atoms. The number of nitrogens with one attached hydrogen (secondary N) is 2. The minimum atomic E-state index is -0.401. The van der Waals surface area contributed by atoms with Gasteiger partial charge in [0.15, 0.2) is 5.76 Å². The maximum Gasteiger partial charge on any atom is 0.307 e. The van der Waals surface area contributed by atoms with E-state index in [2.05, 4.69) is 20.7 Å². The van der Waals surface area contributed by atoms with Gasteiger partial charge >= 0.3 is 5.91 Å². The Morgan fingerprint density at radius 1 is 1.32 bits per heavy atom. The molecule has 1 aromatic carbocycles. The van der Waals surface area contributed by atoms with Gasteiger partial charge in [-0.3, -0.25) is 9.89 Å². The van der Waals surface area contributed by atoms with Crippen LogP contribution in [0.15, 0.2) is 58.4 Å². The Morgan fingerprint density at radius 2 is 2.14 bits per heavy atom. The molecule has 0 saturated carbocycles. The Bertz CT molecular complexity index is 786. The first-order valence-corrected chi connectivity index (χ1v) is 6.71. The van der Waals surface area contributed by atoms with E-state index in [0.29, 0.717) is 0 Å².